The topological polar surface area (TPSA) is 41.5 Å². The number of hydrogen-bond donors (Lipinski definition) is 2. The van der Waals surface area contributed by atoms with Crippen molar-refractivity contribution in [3.8, 4) is 0 Å². The molecule has 3 atom stereocenters. The number of nitrogens with one attached hydrogen (secondary N) is 1. The van der Waals surface area contributed by atoms with E-state index < -0.39 is 0 Å². The molecule has 2 N–H and O–H groups in total. The predicted octanol–water partition coefficient (Wildman–Crippen LogP) is -0.398. The molecule has 0 aromatic rings. The fourth-order valence-electron chi connectivity index (χ4n) is 1.43. The summed E-state index contributed by atoms with van der Waals surface area (Å²) in [7, 11) is 1.71. The van der Waals surface area contributed by atoms with Crippen LogP contribution in [-0.4, -0.2) is 37.5 Å². The average Bonchev–Trinajstić information content (AvgIpc) is 2.30. The van der Waals surface area contributed by atoms with Gasteiger partial charge in [-0.25, -0.2) is 0 Å². The van der Waals surface area contributed by atoms with Crippen molar-refractivity contribution in [3.05, 3.63) is 0 Å². The Morgan fingerprint density at radius 2 is 2.40 bits per heavy atom. The van der Waals surface area contributed by atoms with Gasteiger partial charge in [-0.2, -0.15) is 0 Å². The maximum Gasteiger partial charge on any atom is 0.0736 e. The molecule has 3 heteroatoms. The van der Waals surface area contributed by atoms with E-state index in [-0.39, 0.29) is 18.8 Å². The molecule has 1 heterocycles. The van der Waals surface area contributed by atoms with Crippen LogP contribution in [-0.2, 0) is 4.74 Å². The van der Waals surface area contributed by atoms with Crippen LogP contribution in [0.25, 0.3) is 0 Å². The van der Waals surface area contributed by atoms with E-state index in [9.17, 15) is 0 Å². The molecule has 3 nitrogen and oxygen atoms in total. The van der Waals surface area contributed by atoms with Crippen LogP contribution in [0.3, 0.4) is 0 Å². The third-order valence-electron chi connectivity index (χ3n) is 2.30. The second-order valence-electron chi connectivity index (χ2n) is 2.83. The van der Waals surface area contributed by atoms with Gasteiger partial charge in [0.15, 0.2) is 0 Å². The van der Waals surface area contributed by atoms with Gasteiger partial charge in [0.1, 0.15) is 0 Å². The highest BCUT2D eigenvalue weighted by Gasteiger charge is 2.31. The first-order valence-electron chi connectivity index (χ1n) is 3.66. The average molecular weight is 145 g/mol. The van der Waals surface area contributed by atoms with Crippen LogP contribution >= 0.6 is 0 Å². The zero-order chi connectivity index (χ0) is 7.56. The summed E-state index contributed by atoms with van der Waals surface area (Å²) < 4.78 is 5.18. The van der Waals surface area contributed by atoms with Gasteiger partial charge in [0.05, 0.1) is 12.7 Å². The number of aliphatic hydroxyl groups excluding tert-OH is 1. The van der Waals surface area contributed by atoms with Gasteiger partial charge in [0, 0.05) is 25.6 Å². The van der Waals surface area contributed by atoms with Crippen molar-refractivity contribution in [1.29, 1.82) is 0 Å². The van der Waals surface area contributed by atoms with Crippen LogP contribution in [0, 0.1) is 5.92 Å². The van der Waals surface area contributed by atoms with Crippen LogP contribution in [0.15, 0.2) is 0 Å². The molecular weight excluding hydrogens is 130 g/mol. The molecule has 0 radical (unpaired) electrons. The number of ether oxygens (including phenoxy) is 1. The lowest BCUT2D eigenvalue weighted by molar-refractivity contribution is 0.0776. The third-order valence-corrected chi connectivity index (χ3v) is 2.30. The van der Waals surface area contributed by atoms with Gasteiger partial charge in [0.25, 0.3) is 0 Å². The summed E-state index contributed by atoms with van der Waals surface area (Å²) in [6, 6.07) is 0.227. The van der Waals surface area contributed by atoms with Crippen LogP contribution in [0.2, 0.25) is 0 Å². The lowest BCUT2D eigenvalue weighted by Gasteiger charge is -2.15. The molecule has 0 spiro atoms. The van der Waals surface area contributed by atoms with E-state index in [0.29, 0.717) is 5.92 Å². The largest absolute Gasteiger partial charge is 0.395 e. The molecule has 1 aliphatic heterocycles. The summed E-state index contributed by atoms with van der Waals surface area (Å²) in [5.41, 5.74) is 0. The first-order chi connectivity index (χ1) is 4.79. The van der Waals surface area contributed by atoms with Crippen molar-refractivity contribution in [2.24, 2.45) is 5.92 Å². The van der Waals surface area contributed by atoms with Gasteiger partial charge < -0.3 is 15.2 Å². The standard InChI is InChI=1S/C7H15NO2/c1-5-6(4-9)8-3-7(5)10-2/h5-9H,3-4H2,1-2H3/t5?,6-,7?/m1/s1. The van der Waals surface area contributed by atoms with Crippen molar-refractivity contribution in [1.82, 2.24) is 5.32 Å². The zero-order valence-electron chi connectivity index (χ0n) is 6.50. The first-order valence-corrected chi connectivity index (χ1v) is 3.66. The molecule has 1 rings (SSSR count). The van der Waals surface area contributed by atoms with E-state index in [1.54, 1.807) is 7.11 Å². The molecule has 0 aromatic carbocycles. The second-order valence-corrected chi connectivity index (χ2v) is 2.83. The quantitative estimate of drug-likeness (QED) is 0.555. The summed E-state index contributed by atoms with van der Waals surface area (Å²) in [5.74, 6) is 0.426. The fraction of sp³-hybridized carbons (Fsp3) is 1.00. The Morgan fingerprint density at radius 3 is 2.70 bits per heavy atom. The predicted molar refractivity (Wildman–Crippen MR) is 38.8 cm³/mol. The fourth-order valence-corrected chi connectivity index (χ4v) is 1.43. The van der Waals surface area contributed by atoms with Crippen LogP contribution in [0.5, 0.6) is 0 Å². The highest BCUT2D eigenvalue weighted by atomic mass is 16.5. The van der Waals surface area contributed by atoms with Gasteiger partial charge in [-0.05, 0) is 0 Å². The Morgan fingerprint density at radius 1 is 1.70 bits per heavy atom. The van der Waals surface area contributed by atoms with E-state index >= 15 is 0 Å². The molecule has 0 saturated carbocycles. The Kier molecular flexibility index (Phi) is 2.65. The Hall–Kier alpha value is -0.120. The lowest BCUT2D eigenvalue weighted by atomic mass is 10.0. The van der Waals surface area contributed by atoms with E-state index in [1.165, 1.54) is 0 Å². The minimum atomic E-state index is 0.209. The second kappa shape index (κ2) is 3.32. The highest BCUT2D eigenvalue weighted by molar-refractivity contribution is 4.87. The van der Waals surface area contributed by atoms with Gasteiger partial charge in [-0.1, -0.05) is 6.92 Å². The van der Waals surface area contributed by atoms with Gasteiger partial charge in [-0.15, -0.1) is 0 Å². The van der Waals surface area contributed by atoms with Crippen molar-refractivity contribution in [3.63, 3.8) is 0 Å². The van der Waals surface area contributed by atoms with Gasteiger partial charge in [-0.3, -0.25) is 0 Å². The molecule has 1 aliphatic rings. The minimum Gasteiger partial charge on any atom is -0.395 e. The Bertz CT molecular complexity index is 95.8. The van der Waals surface area contributed by atoms with Gasteiger partial charge in [0.2, 0.25) is 0 Å². The van der Waals surface area contributed by atoms with E-state index in [4.69, 9.17) is 9.84 Å². The molecule has 10 heavy (non-hydrogen) atoms. The molecule has 60 valence electrons. The molecule has 0 bridgehead atoms. The van der Waals surface area contributed by atoms with Crippen molar-refractivity contribution >= 4 is 0 Å². The summed E-state index contributed by atoms with van der Waals surface area (Å²) >= 11 is 0. The monoisotopic (exact) mass is 145 g/mol. The van der Waals surface area contributed by atoms with Crippen LogP contribution in [0.1, 0.15) is 6.92 Å². The summed E-state index contributed by atoms with van der Waals surface area (Å²) in [5, 5.41) is 12.0. The Labute approximate surface area is 61.4 Å². The normalized spacial score (nSPS) is 40.5. The summed E-state index contributed by atoms with van der Waals surface area (Å²) in [4.78, 5) is 0. The maximum atomic E-state index is 8.83. The minimum absolute atomic E-state index is 0.209. The van der Waals surface area contributed by atoms with Crippen molar-refractivity contribution < 1.29 is 9.84 Å². The molecule has 2 unspecified atom stereocenters. The number of hydrogen-bond acceptors (Lipinski definition) is 3. The maximum absolute atomic E-state index is 8.83. The summed E-state index contributed by atoms with van der Waals surface area (Å²) in [6.45, 7) is 3.17. The number of rotatable bonds is 2. The highest BCUT2D eigenvalue weighted by Crippen LogP contribution is 2.16. The zero-order valence-corrected chi connectivity index (χ0v) is 6.50. The molecule has 1 fully saturated rings. The Balaban J connectivity index is 2.41. The number of methoxy groups -OCH3 is 1. The third kappa shape index (κ3) is 1.31. The number of aliphatic hydroxyl groups is 1. The van der Waals surface area contributed by atoms with Crippen molar-refractivity contribution in [2.75, 3.05) is 20.3 Å². The molecular formula is C7H15NO2. The van der Waals surface area contributed by atoms with Gasteiger partial charge >= 0.3 is 0 Å². The molecule has 0 amide bonds. The first kappa shape index (κ1) is 7.98. The van der Waals surface area contributed by atoms with Crippen LogP contribution < -0.4 is 5.32 Å². The lowest BCUT2D eigenvalue weighted by Crippen LogP contribution is -2.30. The van der Waals surface area contributed by atoms with E-state index in [1.807, 2.05) is 0 Å². The molecule has 0 aromatic heterocycles. The SMILES string of the molecule is COC1CN[C@H](CO)C1C. The van der Waals surface area contributed by atoms with Crippen LogP contribution in [0.4, 0.5) is 0 Å². The van der Waals surface area contributed by atoms with E-state index in [0.717, 1.165) is 6.54 Å². The summed E-state index contributed by atoms with van der Waals surface area (Å²) in [6.07, 6.45) is 0.275. The van der Waals surface area contributed by atoms with Crippen molar-refractivity contribution in [2.45, 2.75) is 19.1 Å². The van der Waals surface area contributed by atoms with E-state index in [2.05, 4.69) is 12.2 Å². The molecule has 0 aliphatic carbocycles. The smallest absolute Gasteiger partial charge is 0.0736 e. The molecule has 1 saturated heterocycles.